The van der Waals surface area contributed by atoms with Crippen LogP contribution >= 0.6 is 0 Å². The summed E-state index contributed by atoms with van der Waals surface area (Å²) in [4.78, 5) is 24.4. The normalized spacial score (nSPS) is 28.6. The van der Waals surface area contributed by atoms with Crippen LogP contribution in [0.15, 0.2) is 42.9 Å². The SMILES string of the molecule is O=[N+]([O-])c1c(NC23CC4CC(CC(C4)C2)C3)ncnc1Oc1cccc2cccnc12. The van der Waals surface area contributed by atoms with Crippen molar-refractivity contribution in [3.8, 4) is 11.6 Å². The number of rotatable bonds is 5. The van der Waals surface area contributed by atoms with Crippen molar-refractivity contribution < 1.29 is 9.66 Å². The van der Waals surface area contributed by atoms with Gasteiger partial charge in [0.05, 0.1) is 4.92 Å². The molecule has 7 rings (SSSR count). The highest BCUT2D eigenvalue weighted by molar-refractivity contribution is 5.84. The van der Waals surface area contributed by atoms with Gasteiger partial charge in [-0.3, -0.25) is 15.1 Å². The highest BCUT2D eigenvalue weighted by Crippen LogP contribution is 2.57. The van der Waals surface area contributed by atoms with Gasteiger partial charge in [0.1, 0.15) is 11.8 Å². The van der Waals surface area contributed by atoms with Gasteiger partial charge in [-0.2, -0.15) is 4.98 Å². The molecule has 0 amide bonds. The fourth-order valence-corrected chi connectivity index (χ4v) is 6.47. The smallest absolute Gasteiger partial charge is 0.373 e. The van der Waals surface area contributed by atoms with E-state index in [0.29, 0.717) is 11.3 Å². The largest absolute Gasteiger partial charge is 0.431 e. The number of para-hydroxylation sites is 1. The minimum atomic E-state index is -0.448. The number of hydrogen-bond donors (Lipinski definition) is 1. The summed E-state index contributed by atoms with van der Waals surface area (Å²) in [5.74, 6) is 2.78. The molecule has 8 nitrogen and oxygen atoms in total. The Kier molecular flexibility index (Phi) is 4.09. The van der Waals surface area contributed by atoms with E-state index in [4.69, 9.17) is 4.74 Å². The van der Waals surface area contributed by atoms with Gasteiger partial charge in [0, 0.05) is 17.1 Å². The second kappa shape index (κ2) is 6.87. The zero-order chi connectivity index (χ0) is 21.0. The third kappa shape index (κ3) is 3.17. The summed E-state index contributed by atoms with van der Waals surface area (Å²) in [5.41, 5.74) is 0.311. The van der Waals surface area contributed by atoms with Crippen molar-refractivity contribution >= 4 is 22.4 Å². The Morgan fingerprint density at radius 3 is 2.42 bits per heavy atom. The highest BCUT2D eigenvalue weighted by Gasteiger charge is 2.51. The molecular weight excluding hydrogens is 394 g/mol. The Hall–Kier alpha value is -3.29. The van der Waals surface area contributed by atoms with Crippen LogP contribution in [0.2, 0.25) is 0 Å². The second-order valence-corrected chi connectivity index (χ2v) is 9.39. The lowest BCUT2D eigenvalue weighted by atomic mass is 9.53. The Morgan fingerprint density at radius 2 is 1.71 bits per heavy atom. The molecule has 1 aromatic carbocycles. The first-order chi connectivity index (χ1) is 15.1. The third-order valence-corrected chi connectivity index (χ3v) is 7.20. The number of hydrogen-bond acceptors (Lipinski definition) is 7. The molecule has 1 N–H and O–H groups in total. The van der Waals surface area contributed by atoms with Gasteiger partial charge in [-0.05, 0) is 68.4 Å². The predicted octanol–water partition coefficient (Wildman–Crippen LogP) is 5.11. The van der Waals surface area contributed by atoms with E-state index in [0.717, 1.165) is 42.4 Å². The van der Waals surface area contributed by atoms with Crippen LogP contribution in [0.1, 0.15) is 38.5 Å². The third-order valence-electron chi connectivity index (χ3n) is 7.20. The number of nitrogens with one attached hydrogen (secondary N) is 1. The average Bonchev–Trinajstić information content (AvgIpc) is 2.73. The number of anilines is 1. The van der Waals surface area contributed by atoms with Gasteiger partial charge < -0.3 is 10.1 Å². The van der Waals surface area contributed by atoms with Crippen LogP contribution in [-0.2, 0) is 0 Å². The Labute approximate surface area is 179 Å². The highest BCUT2D eigenvalue weighted by atomic mass is 16.6. The number of benzene rings is 1. The average molecular weight is 417 g/mol. The molecule has 3 aromatic rings. The van der Waals surface area contributed by atoms with Crippen molar-refractivity contribution in [2.75, 3.05) is 5.32 Å². The molecule has 31 heavy (non-hydrogen) atoms. The maximum Gasteiger partial charge on any atom is 0.373 e. The van der Waals surface area contributed by atoms with Gasteiger partial charge >= 0.3 is 11.6 Å². The molecule has 0 aliphatic heterocycles. The zero-order valence-corrected chi connectivity index (χ0v) is 17.0. The summed E-state index contributed by atoms with van der Waals surface area (Å²) in [5, 5.41) is 16.5. The number of aromatic nitrogens is 3. The van der Waals surface area contributed by atoms with Gasteiger partial charge in [0.15, 0.2) is 5.75 Å². The lowest BCUT2D eigenvalue weighted by Crippen LogP contribution is -2.55. The quantitative estimate of drug-likeness (QED) is 0.455. The number of fused-ring (bicyclic) bond motifs is 1. The molecule has 4 bridgehead atoms. The van der Waals surface area contributed by atoms with Crippen molar-refractivity contribution in [3.63, 3.8) is 0 Å². The summed E-state index contributed by atoms with van der Waals surface area (Å²) in [6.45, 7) is 0. The summed E-state index contributed by atoms with van der Waals surface area (Å²) >= 11 is 0. The lowest BCUT2D eigenvalue weighted by Gasteiger charge is -2.57. The van der Waals surface area contributed by atoms with Crippen LogP contribution in [0, 0.1) is 27.9 Å². The first kappa shape index (κ1) is 18.5. The van der Waals surface area contributed by atoms with Crippen LogP contribution in [0.5, 0.6) is 11.6 Å². The standard InChI is InChI=1S/C23H23N5O3/c29-28(30)20-21(27-23-10-14-7-15(11-23)9-16(8-14)12-23)25-13-26-22(20)31-18-5-1-3-17-4-2-6-24-19(17)18/h1-6,13-16H,7-12H2,(H,25,26,27). The summed E-state index contributed by atoms with van der Waals surface area (Å²) in [7, 11) is 0. The van der Waals surface area contributed by atoms with Crippen molar-refractivity contribution in [1.29, 1.82) is 0 Å². The van der Waals surface area contributed by atoms with E-state index >= 15 is 0 Å². The van der Waals surface area contributed by atoms with Gasteiger partial charge in [-0.1, -0.05) is 18.2 Å². The van der Waals surface area contributed by atoms with Crippen molar-refractivity contribution in [2.24, 2.45) is 17.8 Å². The number of nitro groups is 1. The summed E-state index contributed by atoms with van der Waals surface area (Å²) in [6.07, 6.45) is 10.1. The Morgan fingerprint density at radius 1 is 1.00 bits per heavy atom. The van der Waals surface area contributed by atoms with Crippen molar-refractivity contribution in [1.82, 2.24) is 15.0 Å². The van der Waals surface area contributed by atoms with Crippen molar-refractivity contribution in [2.45, 2.75) is 44.1 Å². The van der Waals surface area contributed by atoms with E-state index in [9.17, 15) is 10.1 Å². The van der Waals surface area contributed by atoms with Crippen LogP contribution in [0.25, 0.3) is 10.9 Å². The minimum absolute atomic E-state index is 0.0645. The van der Waals surface area contributed by atoms with E-state index in [1.807, 2.05) is 24.3 Å². The van der Waals surface area contributed by atoms with E-state index < -0.39 is 4.92 Å². The molecule has 2 aromatic heterocycles. The summed E-state index contributed by atoms with van der Waals surface area (Å²) in [6, 6.07) is 9.26. The molecule has 0 atom stereocenters. The van der Waals surface area contributed by atoms with Crippen LogP contribution in [0.3, 0.4) is 0 Å². The fourth-order valence-electron chi connectivity index (χ4n) is 6.47. The summed E-state index contributed by atoms with van der Waals surface area (Å²) < 4.78 is 5.95. The van der Waals surface area contributed by atoms with Crippen LogP contribution in [0.4, 0.5) is 11.5 Å². The minimum Gasteiger partial charge on any atom is -0.431 e. The molecule has 158 valence electrons. The fraction of sp³-hybridized carbons (Fsp3) is 0.435. The predicted molar refractivity (Wildman–Crippen MR) is 115 cm³/mol. The van der Waals surface area contributed by atoms with E-state index in [2.05, 4.69) is 20.3 Å². The topological polar surface area (TPSA) is 103 Å². The molecule has 2 heterocycles. The first-order valence-electron chi connectivity index (χ1n) is 10.9. The molecule has 4 aliphatic carbocycles. The Balaban J connectivity index is 1.37. The van der Waals surface area contributed by atoms with Crippen molar-refractivity contribution in [3.05, 3.63) is 53.0 Å². The first-order valence-corrected chi connectivity index (χ1v) is 10.9. The molecule has 0 saturated heterocycles. The maximum atomic E-state index is 12.1. The Bertz CT molecular complexity index is 1140. The second-order valence-electron chi connectivity index (χ2n) is 9.39. The van der Waals surface area contributed by atoms with Crippen LogP contribution < -0.4 is 10.1 Å². The van der Waals surface area contributed by atoms with Gasteiger partial charge in [-0.15, -0.1) is 0 Å². The zero-order valence-electron chi connectivity index (χ0n) is 17.0. The monoisotopic (exact) mass is 417 g/mol. The van der Waals surface area contributed by atoms with E-state index in [1.165, 1.54) is 25.6 Å². The van der Waals surface area contributed by atoms with E-state index in [1.54, 1.807) is 12.3 Å². The molecule has 8 heteroatoms. The maximum absolute atomic E-state index is 12.1. The molecule has 4 fully saturated rings. The van der Waals surface area contributed by atoms with E-state index in [-0.39, 0.29) is 22.9 Å². The van der Waals surface area contributed by atoms with Gasteiger partial charge in [0.25, 0.3) is 0 Å². The van der Waals surface area contributed by atoms with Gasteiger partial charge in [-0.25, -0.2) is 4.98 Å². The molecule has 0 radical (unpaired) electrons. The molecule has 4 aliphatic rings. The van der Waals surface area contributed by atoms with Crippen LogP contribution in [-0.4, -0.2) is 25.4 Å². The molecule has 0 unspecified atom stereocenters. The molecule has 4 saturated carbocycles. The van der Waals surface area contributed by atoms with Gasteiger partial charge in [0.2, 0.25) is 5.82 Å². The number of nitrogens with zero attached hydrogens (tertiary/aromatic N) is 4. The molecule has 0 spiro atoms. The number of ether oxygens (including phenoxy) is 1. The molecular formula is C23H23N5O3. The lowest BCUT2D eigenvalue weighted by molar-refractivity contribution is -0.385. The number of pyridine rings is 1.